The Morgan fingerprint density at radius 2 is 0.581 bits per heavy atom. The molecule has 0 aromatic heterocycles. The Morgan fingerprint density at radius 3 is 0.767 bits per heavy atom. The first kappa shape index (κ1) is 48.1. The van der Waals surface area contributed by atoms with E-state index in [1.807, 2.05) is 0 Å². The molecule has 0 saturated carbocycles. The Morgan fingerprint density at radius 1 is 0.349 bits per heavy atom. The molecule has 2 nitrogen and oxygen atoms in total. The van der Waals surface area contributed by atoms with Crippen LogP contribution in [-0.2, 0) is 9.47 Å². The van der Waals surface area contributed by atoms with Gasteiger partial charge in [-0.15, -0.1) is 0 Å². The molecule has 0 aliphatic rings. The number of hydrogen-bond acceptors (Lipinski definition) is 2. The predicted molar refractivity (Wildman–Crippen MR) is 200 cm³/mol. The minimum atomic E-state index is 0.149. The molecule has 0 fully saturated rings. The van der Waals surface area contributed by atoms with Crippen LogP contribution in [0.2, 0.25) is 8.87 Å². The maximum atomic E-state index is 5.93. The zero-order valence-electron chi connectivity index (χ0n) is 32.0. The fraction of sp³-hybridized carbons (Fsp3) is 1.00. The van der Waals surface area contributed by atoms with Gasteiger partial charge in [0.25, 0.3) is 0 Å². The Labute approximate surface area is 286 Å². The van der Waals surface area contributed by atoms with E-state index in [-0.39, 0.29) is 21.1 Å². The van der Waals surface area contributed by atoms with Crippen molar-refractivity contribution in [2.75, 3.05) is 26.4 Å². The van der Waals surface area contributed by atoms with Crippen molar-refractivity contribution in [1.82, 2.24) is 0 Å². The van der Waals surface area contributed by atoms with Gasteiger partial charge in [0.05, 0.1) is 0 Å². The maximum absolute atomic E-state index is 5.93. The molecule has 0 spiro atoms. The SMILES string of the molecule is CCCCC(CC)COCC(CC)CCCC.CCCCC(CC)COCC(CC)CCCC.CCC[CH2][Sn][CH2]CCC. The van der Waals surface area contributed by atoms with Crippen molar-refractivity contribution in [1.29, 1.82) is 0 Å². The molecule has 0 aliphatic carbocycles. The van der Waals surface area contributed by atoms with Crippen molar-refractivity contribution in [3.63, 3.8) is 0 Å². The van der Waals surface area contributed by atoms with Gasteiger partial charge in [0.2, 0.25) is 0 Å². The van der Waals surface area contributed by atoms with Gasteiger partial charge in [-0.25, -0.2) is 0 Å². The van der Waals surface area contributed by atoms with E-state index in [4.69, 9.17) is 9.47 Å². The van der Waals surface area contributed by atoms with Crippen LogP contribution in [0.5, 0.6) is 0 Å². The van der Waals surface area contributed by atoms with Crippen LogP contribution in [0.25, 0.3) is 0 Å². The van der Waals surface area contributed by atoms with Crippen LogP contribution in [0, 0.1) is 23.7 Å². The third kappa shape index (κ3) is 38.8. The van der Waals surface area contributed by atoms with Crippen LogP contribution in [-0.4, -0.2) is 47.6 Å². The summed E-state index contributed by atoms with van der Waals surface area (Å²) in [5, 5.41) is 0. The fourth-order valence-electron chi connectivity index (χ4n) is 5.12. The molecule has 3 heteroatoms. The number of rotatable bonds is 30. The standard InChI is InChI=1S/2C16H34O.2C4H9.Sn/c2*1-5-9-11-15(7-3)13-17-14-16(8-4)12-10-6-2;2*1-3-4-2;/h2*15-16H,5-14H2,1-4H3;2*1,3-4H2,2H3;. The summed E-state index contributed by atoms with van der Waals surface area (Å²) in [6.07, 6.45) is 27.0. The van der Waals surface area contributed by atoms with Crippen molar-refractivity contribution in [3.8, 4) is 0 Å². The predicted octanol–water partition coefficient (Wildman–Crippen LogP) is 14.0. The van der Waals surface area contributed by atoms with E-state index < -0.39 is 0 Å². The molecular weight excluding hydrogens is 631 g/mol. The Kier molecular flexibility index (Phi) is 47.8. The van der Waals surface area contributed by atoms with Gasteiger partial charge in [0.15, 0.2) is 0 Å². The molecule has 0 aromatic carbocycles. The van der Waals surface area contributed by atoms with Gasteiger partial charge in [0, 0.05) is 26.4 Å². The van der Waals surface area contributed by atoms with E-state index >= 15 is 0 Å². The second-order valence-electron chi connectivity index (χ2n) is 13.2. The molecule has 0 N–H and O–H groups in total. The molecule has 4 atom stereocenters. The third-order valence-electron chi connectivity index (χ3n) is 9.00. The van der Waals surface area contributed by atoms with Gasteiger partial charge in [-0.1, -0.05) is 132 Å². The van der Waals surface area contributed by atoms with Crippen molar-refractivity contribution in [2.45, 2.75) is 207 Å². The molecule has 0 bridgehead atoms. The second kappa shape index (κ2) is 42.7. The molecular formula is C40H86O2Sn. The molecule has 262 valence electrons. The molecule has 2 radical (unpaired) electrons. The van der Waals surface area contributed by atoms with E-state index in [9.17, 15) is 0 Å². The molecule has 0 amide bonds. The average Bonchev–Trinajstić information content (AvgIpc) is 3.04. The summed E-state index contributed by atoms with van der Waals surface area (Å²) in [6.45, 7) is 26.8. The van der Waals surface area contributed by atoms with Crippen molar-refractivity contribution in [3.05, 3.63) is 0 Å². The van der Waals surface area contributed by atoms with Gasteiger partial charge in [-0.05, 0) is 49.4 Å². The zero-order valence-corrected chi connectivity index (χ0v) is 34.9. The first-order chi connectivity index (χ1) is 21.0. The van der Waals surface area contributed by atoms with E-state index in [0.29, 0.717) is 0 Å². The average molecular weight is 718 g/mol. The van der Waals surface area contributed by atoms with Gasteiger partial charge in [-0.3, -0.25) is 0 Å². The first-order valence-electron chi connectivity index (χ1n) is 19.8. The summed E-state index contributed by atoms with van der Waals surface area (Å²) in [4.78, 5) is 0. The van der Waals surface area contributed by atoms with Gasteiger partial charge in [0.1, 0.15) is 0 Å². The van der Waals surface area contributed by atoms with Crippen molar-refractivity contribution < 1.29 is 9.47 Å². The second-order valence-corrected chi connectivity index (χ2v) is 17.5. The van der Waals surface area contributed by atoms with Crippen LogP contribution < -0.4 is 0 Å². The molecule has 0 aliphatic heterocycles. The van der Waals surface area contributed by atoms with E-state index in [2.05, 4.69) is 69.2 Å². The summed E-state index contributed by atoms with van der Waals surface area (Å²) in [6, 6.07) is 0. The molecule has 4 unspecified atom stereocenters. The normalized spacial score (nSPS) is 13.8. The third-order valence-corrected chi connectivity index (χ3v) is 13.0. The quantitative estimate of drug-likeness (QED) is 0.0544. The molecule has 0 heterocycles. The van der Waals surface area contributed by atoms with Crippen molar-refractivity contribution in [2.24, 2.45) is 23.7 Å². The van der Waals surface area contributed by atoms with Crippen LogP contribution in [0.3, 0.4) is 0 Å². The topological polar surface area (TPSA) is 18.5 Å². The Balaban J connectivity index is -0.000000586. The van der Waals surface area contributed by atoms with Crippen LogP contribution in [0.15, 0.2) is 0 Å². The van der Waals surface area contributed by atoms with Crippen molar-refractivity contribution >= 4 is 21.1 Å². The van der Waals surface area contributed by atoms with Crippen LogP contribution >= 0.6 is 0 Å². The van der Waals surface area contributed by atoms with Crippen LogP contribution in [0.1, 0.15) is 198 Å². The Bertz CT molecular complexity index is 386. The summed E-state index contributed by atoms with van der Waals surface area (Å²) >= 11 is 0.149. The molecule has 0 saturated heterocycles. The summed E-state index contributed by atoms with van der Waals surface area (Å²) < 4.78 is 15.1. The van der Waals surface area contributed by atoms with Crippen LogP contribution in [0.4, 0.5) is 0 Å². The first-order valence-corrected chi connectivity index (χ1v) is 23.9. The van der Waals surface area contributed by atoms with Gasteiger partial charge in [-0.2, -0.15) is 0 Å². The van der Waals surface area contributed by atoms with E-state index in [1.54, 1.807) is 8.87 Å². The number of ether oxygens (including phenoxy) is 2. The van der Waals surface area contributed by atoms with E-state index in [1.165, 1.54) is 128 Å². The molecule has 43 heavy (non-hydrogen) atoms. The Hall–Kier alpha value is 0.719. The van der Waals surface area contributed by atoms with Gasteiger partial charge < -0.3 is 9.47 Å². The summed E-state index contributed by atoms with van der Waals surface area (Å²) in [5.74, 6) is 3.16. The minimum absolute atomic E-state index is 0.149. The summed E-state index contributed by atoms with van der Waals surface area (Å²) in [5.41, 5.74) is 0. The fourth-order valence-corrected chi connectivity index (χ4v) is 9.28. The van der Waals surface area contributed by atoms with E-state index in [0.717, 1.165) is 50.1 Å². The van der Waals surface area contributed by atoms with Gasteiger partial charge >= 0.3 is 69.5 Å². The zero-order chi connectivity index (χ0) is 32.8. The number of hydrogen-bond donors (Lipinski definition) is 0. The number of unbranched alkanes of at least 4 members (excludes halogenated alkanes) is 6. The molecule has 0 rings (SSSR count). The summed E-state index contributed by atoms with van der Waals surface area (Å²) in [7, 11) is 0. The monoisotopic (exact) mass is 719 g/mol. The molecule has 0 aromatic rings.